The summed E-state index contributed by atoms with van der Waals surface area (Å²) in [6.45, 7) is 28.1. The summed E-state index contributed by atoms with van der Waals surface area (Å²) in [6.07, 6.45) is 6.25. The zero-order chi connectivity index (χ0) is 34.9. The van der Waals surface area contributed by atoms with Gasteiger partial charge >= 0.3 is 307 Å². The summed E-state index contributed by atoms with van der Waals surface area (Å²) in [6, 6.07) is 28.3. The van der Waals surface area contributed by atoms with E-state index in [9.17, 15) is 0 Å². The summed E-state index contributed by atoms with van der Waals surface area (Å²) in [5, 5.41) is 2.84. The number of halogens is 2. The quantitative estimate of drug-likeness (QED) is 0.267. The number of hydrogen-bond donors (Lipinski definition) is 0. The molecule has 0 nitrogen and oxygen atoms in total. The molecule has 6 rings (SSSR count). The monoisotopic (exact) mass is 777 g/mol. The molecule has 0 bridgehead atoms. The summed E-state index contributed by atoms with van der Waals surface area (Å²) in [4.78, 5) is 0. The van der Waals surface area contributed by atoms with Crippen LogP contribution in [0.2, 0.25) is 0 Å². The largest absolute Gasteiger partial charge is 1.00 e. The minimum Gasteiger partial charge on any atom is -1.00 e. The van der Waals surface area contributed by atoms with Gasteiger partial charge in [-0.3, -0.25) is 0 Å². The van der Waals surface area contributed by atoms with E-state index in [4.69, 9.17) is 0 Å². The molecular weight excluding hydrogens is 727 g/mol. The predicted molar refractivity (Wildman–Crippen MR) is 204 cm³/mol. The van der Waals surface area contributed by atoms with E-state index >= 15 is 0 Å². The standard InChI is InChI=1S/C47H53.2ClH.Zr/c1-13-31-24-36(46(7,8)9)27-38(31)43-40-26-34-25-35(45(4,5)6)22-23-37(34)39(40)28-41(44(43)47(10,11)12)42(32-18-14-29(2)15-19-32)33-20-16-30(3)17-21-33;;;/h14-25,27-28,31H,13H2,1-12H3;2*1H;/q;;;+2/p-2. The van der Waals surface area contributed by atoms with Gasteiger partial charge in [0.25, 0.3) is 0 Å². The van der Waals surface area contributed by atoms with Gasteiger partial charge in [0.05, 0.1) is 0 Å². The first-order valence-electron chi connectivity index (χ1n) is 17.8. The Hall–Kier alpha value is -2.44. The number of benzene rings is 4. The van der Waals surface area contributed by atoms with Crippen molar-refractivity contribution in [1.29, 1.82) is 0 Å². The van der Waals surface area contributed by atoms with Gasteiger partial charge in [-0.15, -0.1) is 0 Å². The summed E-state index contributed by atoms with van der Waals surface area (Å²) >= 11 is 1.48. The van der Waals surface area contributed by atoms with Crippen LogP contribution in [0.3, 0.4) is 0 Å². The summed E-state index contributed by atoms with van der Waals surface area (Å²) in [5.41, 5.74) is 18.0. The molecule has 1 atom stereocenters. The second kappa shape index (κ2) is 14.5. The Morgan fingerprint density at radius 1 is 0.640 bits per heavy atom. The fraction of sp³-hybridized carbons (Fsp3) is 0.362. The van der Waals surface area contributed by atoms with Gasteiger partial charge in [0, 0.05) is 0 Å². The molecule has 2 aliphatic carbocycles. The van der Waals surface area contributed by atoms with E-state index < -0.39 is 0 Å². The second-order valence-corrected chi connectivity index (χ2v) is 18.6. The maximum absolute atomic E-state index is 2.58. The number of allylic oxidation sites excluding steroid dienone is 4. The van der Waals surface area contributed by atoms with Crippen LogP contribution < -0.4 is 35.3 Å². The number of hydrogen-bond acceptors (Lipinski definition) is 0. The normalized spacial score (nSPS) is 15.5. The Bertz CT molecular complexity index is 2060. The van der Waals surface area contributed by atoms with Crippen molar-refractivity contribution in [3.05, 3.63) is 145 Å². The zero-order valence-corrected chi connectivity index (χ0v) is 36.1. The molecule has 0 N–H and O–H groups in total. The van der Waals surface area contributed by atoms with Crippen molar-refractivity contribution < 1.29 is 49.5 Å². The van der Waals surface area contributed by atoms with E-state index in [1.54, 1.807) is 0 Å². The average Bonchev–Trinajstić information content (AvgIpc) is 3.57. The van der Waals surface area contributed by atoms with Crippen LogP contribution in [0.5, 0.6) is 0 Å². The summed E-state index contributed by atoms with van der Waals surface area (Å²) in [5.74, 6) is 0.388. The SMILES string of the molecule is CCC1C=C(C(C)(C)C)C=C1c1c(C(C)(C)C)c(=C(c2ccc(C)cc2)c2ccc(C)cc2)cc2c1=[C]([Zr+2])c1cc(C(C)(C)C)ccc1-2.[Cl-].[Cl-]. The summed E-state index contributed by atoms with van der Waals surface area (Å²) in [7, 11) is 0. The van der Waals surface area contributed by atoms with E-state index in [2.05, 4.69) is 168 Å². The van der Waals surface area contributed by atoms with Crippen molar-refractivity contribution in [3.63, 3.8) is 0 Å². The molecule has 0 aromatic heterocycles. The Balaban J connectivity index is 0.00000281. The smallest absolute Gasteiger partial charge is 1.00 e. The van der Waals surface area contributed by atoms with Crippen molar-refractivity contribution in [1.82, 2.24) is 0 Å². The minimum absolute atomic E-state index is 0. The van der Waals surface area contributed by atoms with Crippen LogP contribution in [-0.4, -0.2) is 0 Å². The molecule has 0 spiro atoms. The third-order valence-electron chi connectivity index (χ3n) is 10.4. The molecule has 2 aliphatic rings. The number of rotatable bonds is 4. The molecule has 259 valence electrons. The first-order chi connectivity index (χ1) is 22.4. The first-order valence-corrected chi connectivity index (χ1v) is 19.0. The van der Waals surface area contributed by atoms with Gasteiger partial charge in [0.1, 0.15) is 0 Å². The van der Waals surface area contributed by atoms with Gasteiger partial charge in [-0.2, -0.15) is 0 Å². The van der Waals surface area contributed by atoms with Gasteiger partial charge in [-0.1, -0.05) is 0 Å². The molecule has 3 heteroatoms. The van der Waals surface area contributed by atoms with Gasteiger partial charge in [-0.05, 0) is 0 Å². The molecule has 4 aromatic carbocycles. The predicted octanol–water partition coefficient (Wildman–Crippen LogP) is 5.23. The maximum Gasteiger partial charge on any atom is -1.00 e. The Morgan fingerprint density at radius 3 is 1.64 bits per heavy atom. The van der Waals surface area contributed by atoms with Crippen molar-refractivity contribution >= 4 is 14.4 Å². The molecule has 1 unspecified atom stereocenters. The Kier molecular flexibility index (Phi) is 11.7. The van der Waals surface area contributed by atoms with Crippen LogP contribution in [0.25, 0.3) is 25.6 Å². The Morgan fingerprint density at radius 2 is 1.18 bits per heavy atom. The third-order valence-corrected chi connectivity index (χ3v) is 11.7. The molecule has 4 aromatic rings. The van der Waals surface area contributed by atoms with Gasteiger partial charge in [0.15, 0.2) is 0 Å². The van der Waals surface area contributed by atoms with Crippen LogP contribution >= 0.6 is 0 Å². The maximum atomic E-state index is 2.58. The van der Waals surface area contributed by atoms with E-state index in [0.29, 0.717) is 5.92 Å². The average molecular weight is 780 g/mol. The number of fused-ring (bicyclic) bond motifs is 3. The molecule has 0 amide bonds. The first kappa shape index (κ1) is 40.3. The fourth-order valence-electron chi connectivity index (χ4n) is 7.62. The van der Waals surface area contributed by atoms with Crippen molar-refractivity contribution in [2.45, 2.75) is 100 Å². The molecule has 0 heterocycles. The van der Waals surface area contributed by atoms with E-state index in [1.165, 1.54) is 111 Å². The molecule has 0 fully saturated rings. The van der Waals surface area contributed by atoms with Gasteiger partial charge < -0.3 is 24.8 Å². The van der Waals surface area contributed by atoms with Crippen LogP contribution in [-0.2, 0) is 35.5 Å². The third kappa shape index (κ3) is 7.40. The Labute approximate surface area is 330 Å². The molecule has 0 saturated heterocycles. The molecular formula is C47H53Cl2Zr. The molecule has 50 heavy (non-hydrogen) atoms. The van der Waals surface area contributed by atoms with E-state index in [1.807, 2.05) is 0 Å². The zero-order valence-electron chi connectivity index (χ0n) is 32.1. The van der Waals surface area contributed by atoms with Crippen LogP contribution in [0, 0.1) is 25.2 Å². The van der Waals surface area contributed by atoms with Gasteiger partial charge in [0.2, 0.25) is 0 Å². The van der Waals surface area contributed by atoms with E-state index in [0.717, 1.165) is 6.42 Å². The second-order valence-electron chi connectivity index (χ2n) is 17.3. The molecule has 0 radical (unpaired) electrons. The van der Waals surface area contributed by atoms with Crippen LogP contribution in [0.1, 0.15) is 120 Å². The van der Waals surface area contributed by atoms with Crippen molar-refractivity contribution in [2.75, 3.05) is 0 Å². The molecule has 0 saturated carbocycles. The fourth-order valence-corrected chi connectivity index (χ4v) is 8.76. The van der Waals surface area contributed by atoms with Crippen LogP contribution in [0.4, 0.5) is 0 Å². The van der Waals surface area contributed by atoms with Crippen molar-refractivity contribution in [3.8, 4) is 11.1 Å². The van der Waals surface area contributed by atoms with Gasteiger partial charge in [-0.25, -0.2) is 0 Å². The number of aryl methyl sites for hydroxylation is 2. The molecule has 0 aliphatic heterocycles. The van der Waals surface area contributed by atoms with Crippen molar-refractivity contribution in [2.24, 2.45) is 11.3 Å². The summed E-state index contributed by atoms with van der Waals surface area (Å²) < 4.78 is 1.50. The van der Waals surface area contributed by atoms with E-state index in [-0.39, 0.29) is 41.1 Å². The van der Waals surface area contributed by atoms with Crippen LogP contribution in [0.15, 0.2) is 90.5 Å². The minimum atomic E-state index is -0.105. The topological polar surface area (TPSA) is 0 Å².